The zero-order chi connectivity index (χ0) is 17.0. The molecular formula is C19H34IN3O2. The number of hydrogen-bond donors (Lipinski definition) is 1. The van der Waals surface area contributed by atoms with Gasteiger partial charge in [-0.15, -0.1) is 24.0 Å². The lowest BCUT2D eigenvalue weighted by Crippen LogP contribution is -2.49. The molecule has 0 amide bonds. The van der Waals surface area contributed by atoms with Gasteiger partial charge in [0.2, 0.25) is 0 Å². The maximum absolute atomic E-state index is 12.1. The van der Waals surface area contributed by atoms with E-state index in [1.807, 2.05) is 6.92 Å². The van der Waals surface area contributed by atoms with Gasteiger partial charge in [-0.1, -0.05) is 6.42 Å². The summed E-state index contributed by atoms with van der Waals surface area (Å²) in [5.41, 5.74) is 0.497. The highest BCUT2D eigenvalue weighted by atomic mass is 127. The van der Waals surface area contributed by atoms with Crippen LogP contribution in [0.4, 0.5) is 0 Å². The van der Waals surface area contributed by atoms with Crippen molar-refractivity contribution in [2.75, 3.05) is 32.8 Å². The summed E-state index contributed by atoms with van der Waals surface area (Å²) in [7, 11) is 0. The molecule has 1 saturated heterocycles. The molecule has 6 heteroatoms. The second-order valence-electron chi connectivity index (χ2n) is 7.70. The molecule has 1 atom stereocenters. The van der Waals surface area contributed by atoms with E-state index in [1.54, 1.807) is 0 Å². The van der Waals surface area contributed by atoms with Gasteiger partial charge in [0.1, 0.15) is 0 Å². The molecule has 1 N–H and O–H groups in total. The van der Waals surface area contributed by atoms with Crippen LogP contribution < -0.4 is 5.32 Å². The van der Waals surface area contributed by atoms with Gasteiger partial charge in [0.25, 0.3) is 0 Å². The number of piperidine rings is 1. The molecule has 2 saturated carbocycles. The fraction of sp³-hybridized carbons (Fsp3) is 0.895. The number of rotatable bonds is 6. The Balaban J connectivity index is 0.00000225. The Morgan fingerprint density at radius 1 is 1.24 bits per heavy atom. The average molecular weight is 463 g/mol. The molecule has 1 heterocycles. The van der Waals surface area contributed by atoms with Gasteiger partial charge >= 0.3 is 5.97 Å². The maximum atomic E-state index is 12.1. The minimum atomic E-state index is -0.0495. The molecule has 0 radical (unpaired) electrons. The zero-order valence-electron chi connectivity index (χ0n) is 15.8. The number of aliphatic imine (C=N–C) groups is 1. The van der Waals surface area contributed by atoms with Crippen molar-refractivity contribution in [3.63, 3.8) is 0 Å². The van der Waals surface area contributed by atoms with Crippen LogP contribution in [0.5, 0.6) is 0 Å². The number of esters is 1. The Hall–Kier alpha value is -0.530. The number of ether oxygens (including phenoxy) is 1. The minimum Gasteiger partial charge on any atom is -0.466 e. The molecule has 1 aliphatic heterocycles. The Morgan fingerprint density at radius 2 is 2.00 bits per heavy atom. The summed E-state index contributed by atoms with van der Waals surface area (Å²) >= 11 is 0. The van der Waals surface area contributed by atoms with Gasteiger partial charge in [0, 0.05) is 26.2 Å². The molecule has 5 nitrogen and oxygen atoms in total. The first-order valence-electron chi connectivity index (χ1n) is 9.88. The summed E-state index contributed by atoms with van der Waals surface area (Å²) in [5, 5.41) is 3.45. The maximum Gasteiger partial charge on any atom is 0.310 e. The number of guanidine groups is 1. The highest BCUT2D eigenvalue weighted by Crippen LogP contribution is 2.57. The lowest BCUT2D eigenvalue weighted by molar-refractivity contribution is -0.149. The summed E-state index contributed by atoms with van der Waals surface area (Å²) in [4.78, 5) is 19.4. The molecule has 0 bridgehead atoms. The Bertz CT molecular complexity index is 475. The number of carbonyl (C=O) groups excluding carboxylic acids is 1. The smallest absolute Gasteiger partial charge is 0.310 e. The van der Waals surface area contributed by atoms with Crippen LogP contribution in [0.1, 0.15) is 58.8 Å². The molecule has 144 valence electrons. The van der Waals surface area contributed by atoms with Crippen molar-refractivity contribution in [2.45, 2.75) is 58.8 Å². The molecule has 0 aromatic carbocycles. The lowest BCUT2D eigenvalue weighted by atomic mass is 9.65. The van der Waals surface area contributed by atoms with E-state index in [0.29, 0.717) is 12.0 Å². The standard InChI is InChI=1S/C19H33N3O2.HI/c1-3-20-18(21-14-19(10-6-11-19)16-8-9-16)22-12-5-7-15(13-22)17(23)24-4-2;/h15-16H,3-14H2,1-2H3,(H,20,21);1H. The quantitative estimate of drug-likeness (QED) is 0.284. The van der Waals surface area contributed by atoms with E-state index in [-0.39, 0.29) is 35.9 Å². The number of hydrogen-bond acceptors (Lipinski definition) is 3. The van der Waals surface area contributed by atoms with Crippen molar-refractivity contribution in [3.05, 3.63) is 0 Å². The molecule has 3 fully saturated rings. The summed E-state index contributed by atoms with van der Waals surface area (Å²) in [5.74, 6) is 1.86. The average Bonchev–Trinajstić information content (AvgIpc) is 3.38. The Labute approximate surface area is 169 Å². The topological polar surface area (TPSA) is 53.9 Å². The number of likely N-dealkylation sites (tertiary alicyclic amines) is 1. The number of carbonyl (C=O) groups is 1. The molecule has 3 aliphatic rings. The van der Waals surface area contributed by atoms with Crippen molar-refractivity contribution >= 4 is 35.9 Å². The summed E-state index contributed by atoms with van der Waals surface area (Å²) in [6.07, 6.45) is 8.85. The van der Waals surface area contributed by atoms with Gasteiger partial charge in [-0.2, -0.15) is 0 Å². The van der Waals surface area contributed by atoms with Gasteiger partial charge < -0.3 is 15.0 Å². The predicted molar refractivity (Wildman–Crippen MR) is 111 cm³/mol. The van der Waals surface area contributed by atoms with Crippen LogP contribution in [0, 0.1) is 17.3 Å². The first-order valence-corrected chi connectivity index (χ1v) is 9.88. The largest absolute Gasteiger partial charge is 0.466 e. The van der Waals surface area contributed by atoms with Crippen molar-refractivity contribution in [2.24, 2.45) is 22.2 Å². The number of nitrogens with one attached hydrogen (secondary N) is 1. The molecule has 3 rings (SSSR count). The number of nitrogens with zero attached hydrogens (tertiary/aromatic N) is 2. The third kappa shape index (κ3) is 5.01. The van der Waals surface area contributed by atoms with E-state index in [2.05, 4.69) is 17.1 Å². The predicted octanol–water partition coefficient (Wildman–Crippen LogP) is 3.43. The van der Waals surface area contributed by atoms with Gasteiger partial charge in [-0.05, 0) is 63.7 Å². The molecule has 1 unspecified atom stereocenters. The van der Waals surface area contributed by atoms with Gasteiger partial charge in [0.05, 0.1) is 12.5 Å². The zero-order valence-corrected chi connectivity index (χ0v) is 18.1. The van der Waals surface area contributed by atoms with E-state index in [4.69, 9.17) is 9.73 Å². The monoisotopic (exact) mass is 463 g/mol. The summed E-state index contributed by atoms with van der Waals surface area (Å²) < 4.78 is 5.22. The molecular weight excluding hydrogens is 429 g/mol. The SMILES string of the molecule is CCNC(=NCC1(C2CC2)CCC1)N1CCCC(C(=O)OCC)C1.I. The van der Waals surface area contributed by atoms with Crippen LogP contribution >= 0.6 is 24.0 Å². The van der Waals surface area contributed by atoms with Crippen molar-refractivity contribution in [3.8, 4) is 0 Å². The highest BCUT2D eigenvalue weighted by Gasteiger charge is 2.48. The second-order valence-corrected chi connectivity index (χ2v) is 7.70. The van der Waals surface area contributed by atoms with E-state index >= 15 is 0 Å². The normalized spacial score (nSPS) is 25.6. The van der Waals surface area contributed by atoms with E-state index in [0.717, 1.165) is 50.9 Å². The van der Waals surface area contributed by atoms with Gasteiger partial charge in [-0.25, -0.2) is 0 Å². The van der Waals surface area contributed by atoms with Crippen LogP contribution in [0.15, 0.2) is 4.99 Å². The van der Waals surface area contributed by atoms with E-state index in [9.17, 15) is 4.79 Å². The third-order valence-corrected chi connectivity index (χ3v) is 6.01. The van der Waals surface area contributed by atoms with Crippen LogP contribution in [0.3, 0.4) is 0 Å². The van der Waals surface area contributed by atoms with E-state index < -0.39 is 0 Å². The third-order valence-electron chi connectivity index (χ3n) is 6.01. The molecule has 0 spiro atoms. The van der Waals surface area contributed by atoms with Crippen molar-refractivity contribution in [1.29, 1.82) is 0 Å². The van der Waals surface area contributed by atoms with Crippen LogP contribution in [-0.4, -0.2) is 49.6 Å². The molecule has 0 aromatic heterocycles. The van der Waals surface area contributed by atoms with E-state index in [1.165, 1.54) is 32.1 Å². The summed E-state index contributed by atoms with van der Waals surface area (Å²) in [6, 6.07) is 0. The first kappa shape index (κ1) is 20.8. The number of halogens is 1. The molecule has 2 aliphatic carbocycles. The highest BCUT2D eigenvalue weighted by molar-refractivity contribution is 14.0. The lowest BCUT2D eigenvalue weighted by Gasteiger charge is -2.42. The summed E-state index contributed by atoms with van der Waals surface area (Å²) in [6.45, 7) is 8.01. The molecule has 25 heavy (non-hydrogen) atoms. The van der Waals surface area contributed by atoms with Gasteiger partial charge in [-0.3, -0.25) is 9.79 Å². The fourth-order valence-corrected chi connectivity index (χ4v) is 4.30. The minimum absolute atomic E-state index is 0. The molecule has 0 aromatic rings. The van der Waals surface area contributed by atoms with Crippen molar-refractivity contribution < 1.29 is 9.53 Å². The van der Waals surface area contributed by atoms with Crippen LogP contribution in [0.25, 0.3) is 0 Å². The fourth-order valence-electron chi connectivity index (χ4n) is 4.30. The van der Waals surface area contributed by atoms with Crippen molar-refractivity contribution in [1.82, 2.24) is 10.2 Å². The second kappa shape index (κ2) is 9.42. The Kier molecular flexibility index (Phi) is 7.83. The Morgan fingerprint density at radius 3 is 2.56 bits per heavy atom. The van der Waals surface area contributed by atoms with Gasteiger partial charge in [0.15, 0.2) is 5.96 Å². The van der Waals surface area contributed by atoms with Crippen LogP contribution in [-0.2, 0) is 9.53 Å². The first-order chi connectivity index (χ1) is 11.7. The van der Waals surface area contributed by atoms with Crippen LogP contribution in [0.2, 0.25) is 0 Å².